The van der Waals surface area contributed by atoms with Crippen LogP contribution in [-0.4, -0.2) is 34.1 Å². The number of alkyl halides is 1. The van der Waals surface area contributed by atoms with E-state index in [0.29, 0.717) is 0 Å². The van der Waals surface area contributed by atoms with Gasteiger partial charge in [-0.3, -0.25) is 4.79 Å². The monoisotopic (exact) mass is 483 g/mol. The van der Waals surface area contributed by atoms with Crippen molar-refractivity contribution >= 4 is 39.6 Å². The summed E-state index contributed by atoms with van der Waals surface area (Å²) < 4.78 is -0.628. The van der Waals surface area contributed by atoms with Crippen molar-refractivity contribution in [2.75, 3.05) is 11.1 Å². The lowest BCUT2D eigenvalue weighted by Crippen LogP contribution is -2.44. The Hall–Kier alpha value is -2.57. The molecule has 0 unspecified atom stereocenters. The number of thioether (sulfide) groups is 1. The number of carboxylic acid groups (broad SMARTS) is 1. The van der Waals surface area contributed by atoms with E-state index in [-0.39, 0.29) is 17.0 Å². The van der Waals surface area contributed by atoms with Gasteiger partial charge in [-0.1, -0.05) is 107 Å². The third kappa shape index (κ3) is 4.94. The molecule has 0 aliphatic carbocycles. The van der Waals surface area contributed by atoms with Crippen molar-refractivity contribution in [3.63, 3.8) is 0 Å². The average molecular weight is 484 g/mol. The molecule has 0 bridgehead atoms. The van der Waals surface area contributed by atoms with Gasteiger partial charge >= 0.3 is 5.97 Å². The van der Waals surface area contributed by atoms with Crippen molar-refractivity contribution in [2.24, 2.45) is 0 Å². The van der Waals surface area contributed by atoms with Crippen LogP contribution in [0.4, 0.5) is 0 Å². The van der Waals surface area contributed by atoms with Gasteiger partial charge in [0.05, 0.1) is 10.1 Å². The lowest BCUT2D eigenvalue weighted by Gasteiger charge is -2.36. The van der Waals surface area contributed by atoms with E-state index < -0.39 is 16.8 Å². The van der Waals surface area contributed by atoms with Gasteiger partial charge in [0.1, 0.15) is 6.04 Å². The number of carboxylic acids is 1. The molecular weight excluding hydrogens is 462 g/mol. The van der Waals surface area contributed by atoms with E-state index in [1.165, 1.54) is 11.8 Å². The van der Waals surface area contributed by atoms with Gasteiger partial charge < -0.3 is 10.4 Å². The summed E-state index contributed by atoms with van der Waals surface area (Å²) in [6, 6.07) is 29.1. The van der Waals surface area contributed by atoms with Crippen molar-refractivity contribution < 1.29 is 14.7 Å². The molecule has 6 heteroatoms. The molecule has 3 aromatic carbocycles. The number of hydrogen-bond acceptors (Lipinski definition) is 3. The van der Waals surface area contributed by atoms with Crippen LogP contribution in [0.5, 0.6) is 0 Å². The average Bonchev–Trinajstić information content (AvgIpc) is 2.80. The highest BCUT2D eigenvalue weighted by molar-refractivity contribution is 9.09. The van der Waals surface area contributed by atoms with Gasteiger partial charge in [0, 0.05) is 5.75 Å². The number of benzene rings is 3. The lowest BCUT2D eigenvalue weighted by molar-refractivity contribution is -0.140. The molecule has 0 radical (unpaired) electrons. The summed E-state index contributed by atoms with van der Waals surface area (Å²) in [6.07, 6.45) is 0. The fraction of sp³-hybridized carbons (Fsp3) is 0.167. The minimum atomic E-state index is -1.06. The van der Waals surface area contributed by atoms with Gasteiger partial charge in [-0.2, -0.15) is 0 Å². The first-order valence-corrected chi connectivity index (χ1v) is 11.6. The molecule has 3 rings (SSSR count). The molecule has 4 nitrogen and oxygen atoms in total. The Kier molecular flexibility index (Phi) is 7.71. The summed E-state index contributed by atoms with van der Waals surface area (Å²) >= 11 is 4.59. The van der Waals surface area contributed by atoms with Crippen molar-refractivity contribution in [1.82, 2.24) is 5.32 Å². The largest absolute Gasteiger partial charge is 0.480 e. The zero-order valence-corrected chi connectivity index (χ0v) is 18.6. The second kappa shape index (κ2) is 10.5. The fourth-order valence-corrected chi connectivity index (χ4v) is 5.10. The van der Waals surface area contributed by atoms with E-state index in [9.17, 15) is 14.7 Å². The summed E-state index contributed by atoms with van der Waals surface area (Å²) in [6.45, 7) is 0. The molecule has 0 saturated carbocycles. The molecule has 0 aliphatic heterocycles. The van der Waals surface area contributed by atoms with Crippen LogP contribution in [0, 0.1) is 0 Å². The topological polar surface area (TPSA) is 66.4 Å². The van der Waals surface area contributed by atoms with Crippen LogP contribution in [0.1, 0.15) is 16.7 Å². The van der Waals surface area contributed by atoms with Crippen molar-refractivity contribution in [1.29, 1.82) is 0 Å². The maximum Gasteiger partial charge on any atom is 0.327 e. The van der Waals surface area contributed by atoms with Crippen LogP contribution in [-0.2, 0) is 14.3 Å². The number of carbonyl (C=O) groups excluding carboxylic acids is 1. The summed E-state index contributed by atoms with van der Waals surface area (Å²) in [5.74, 6) is -1.21. The molecule has 0 aromatic heterocycles. The molecule has 154 valence electrons. The predicted molar refractivity (Wildman–Crippen MR) is 125 cm³/mol. The standard InChI is InChI=1S/C24H22BrNO3S/c25-16-22(27)26-21(23(28)29)17-30-24(18-10-4-1-5-11-18,19-12-6-2-7-13-19)20-14-8-3-9-15-20/h1-15,21H,16-17H2,(H,26,27)(H,28,29)/t21-/m0/s1. The van der Waals surface area contributed by atoms with E-state index in [0.717, 1.165) is 16.7 Å². The molecule has 30 heavy (non-hydrogen) atoms. The Bertz CT molecular complexity index is 871. The number of hydrogen-bond donors (Lipinski definition) is 2. The third-order valence-corrected chi connectivity index (χ3v) is 6.91. The highest BCUT2D eigenvalue weighted by atomic mass is 79.9. The lowest BCUT2D eigenvalue weighted by atomic mass is 9.84. The van der Waals surface area contributed by atoms with Gasteiger partial charge in [-0.15, -0.1) is 11.8 Å². The zero-order valence-electron chi connectivity index (χ0n) is 16.2. The molecular formula is C24H22BrNO3S. The first-order valence-electron chi connectivity index (χ1n) is 9.46. The highest BCUT2D eigenvalue weighted by Gasteiger charge is 2.38. The van der Waals surface area contributed by atoms with Gasteiger partial charge in [-0.05, 0) is 16.7 Å². The zero-order chi connectivity index (χ0) is 21.4. The molecule has 0 heterocycles. The van der Waals surface area contributed by atoms with E-state index >= 15 is 0 Å². The van der Waals surface area contributed by atoms with Crippen LogP contribution in [0.15, 0.2) is 91.0 Å². The Balaban J connectivity index is 2.11. The second-order valence-electron chi connectivity index (χ2n) is 6.68. The van der Waals surface area contributed by atoms with Crippen LogP contribution in [0.3, 0.4) is 0 Å². The smallest absolute Gasteiger partial charge is 0.327 e. The van der Waals surface area contributed by atoms with Gasteiger partial charge in [0.15, 0.2) is 0 Å². The van der Waals surface area contributed by atoms with Crippen molar-refractivity contribution in [2.45, 2.75) is 10.8 Å². The molecule has 0 aliphatic rings. The van der Waals surface area contributed by atoms with E-state index in [2.05, 4.69) is 57.6 Å². The molecule has 2 N–H and O–H groups in total. The van der Waals surface area contributed by atoms with Crippen LogP contribution in [0.2, 0.25) is 0 Å². The van der Waals surface area contributed by atoms with Gasteiger partial charge in [-0.25, -0.2) is 4.79 Å². The van der Waals surface area contributed by atoms with Crippen LogP contribution in [0.25, 0.3) is 0 Å². The number of carbonyl (C=O) groups is 2. The minimum absolute atomic E-state index is 0.0582. The van der Waals surface area contributed by atoms with Crippen LogP contribution < -0.4 is 5.32 Å². The van der Waals surface area contributed by atoms with Crippen molar-refractivity contribution in [3.05, 3.63) is 108 Å². The molecule has 3 aromatic rings. The molecule has 1 amide bonds. The second-order valence-corrected chi connectivity index (χ2v) is 8.48. The van der Waals surface area contributed by atoms with Gasteiger partial charge in [0.2, 0.25) is 5.91 Å². The Morgan fingerprint density at radius 2 is 1.23 bits per heavy atom. The number of rotatable bonds is 9. The fourth-order valence-electron chi connectivity index (χ4n) is 3.38. The van der Waals surface area contributed by atoms with Gasteiger partial charge in [0.25, 0.3) is 0 Å². The quantitative estimate of drug-likeness (QED) is 0.342. The minimum Gasteiger partial charge on any atom is -0.480 e. The summed E-state index contributed by atoms with van der Waals surface area (Å²) in [5.41, 5.74) is 3.13. The molecule has 0 saturated heterocycles. The maximum absolute atomic E-state index is 11.8. The van der Waals surface area contributed by atoms with E-state index in [1.54, 1.807) is 0 Å². The molecule has 0 spiro atoms. The Labute approximate surface area is 188 Å². The van der Waals surface area contributed by atoms with Crippen molar-refractivity contribution in [3.8, 4) is 0 Å². The summed E-state index contributed by atoms with van der Waals surface area (Å²) in [5, 5.41) is 12.3. The third-order valence-electron chi connectivity index (χ3n) is 4.76. The van der Waals surface area contributed by atoms with E-state index in [4.69, 9.17) is 0 Å². The maximum atomic E-state index is 11.8. The SMILES string of the molecule is O=C(CBr)N[C@@H](CSC(c1ccccc1)(c1ccccc1)c1ccccc1)C(=O)O. The van der Waals surface area contributed by atoms with E-state index in [1.807, 2.05) is 54.6 Å². The first kappa shape index (κ1) is 22.1. The predicted octanol–water partition coefficient (Wildman–Crippen LogP) is 4.68. The molecule has 0 fully saturated rings. The van der Waals surface area contributed by atoms with Crippen LogP contribution >= 0.6 is 27.7 Å². The normalized spacial score (nSPS) is 12.2. The Morgan fingerprint density at radius 1 is 0.833 bits per heavy atom. The number of nitrogens with one attached hydrogen (secondary N) is 1. The summed E-state index contributed by atoms with van der Waals surface area (Å²) in [7, 11) is 0. The number of halogens is 1. The summed E-state index contributed by atoms with van der Waals surface area (Å²) in [4.78, 5) is 23.7. The number of aliphatic carboxylic acids is 1. The first-order chi connectivity index (χ1) is 14.6. The molecule has 1 atom stereocenters. The number of amides is 1. The highest BCUT2D eigenvalue weighted by Crippen LogP contribution is 2.48. The Morgan fingerprint density at radius 3 is 1.57 bits per heavy atom.